The largest absolute Gasteiger partial charge is 0.466 e. The zero-order valence-electron chi connectivity index (χ0n) is 17.7. The molecule has 0 radical (unpaired) electrons. The van der Waals surface area contributed by atoms with Gasteiger partial charge in [0, 0.05) is 11.8 Å². The van der Waals surface area contributed by atoms with Crippen LogP contribution in [0.4, 0.5) is 15.4 Å². The van der Waals surface area contributed by atoms with Gasteiger partial charge < -0.3 is 14.2 Å². The highest BCUT2D eigenvalue weighted by atomic mass is 16.6. The van der Waals surface area contributed by atoms with E-state index in [1.54, 1.807) is 60.6 Å². The molecule has 8 heteroatoms. The lowest BCUT2D eigenvalue weighted by molar-refractivity contribution is -0.135. The first-order chi connectivity index (χ1) is 12.7. The topological polar surface area (TPSA) is 95.0 Å². The summed E-state index contributed by atoms with van der Waals surface area (Å²) in [6.45, 7) is 11.7. The van der Waals surface area contributed by atoms with Crippen molar-refractivity contribution in [3.05, 3.63) is 29.5 Å². The molecule has 1 rings (SSSR count). The molecule has 0 bridgehead atoms. The first-order valence-electron chi connectivity index (χ1n) is 8.72. The molecule has 0 N–H and O–H groups in total. The van der Waals surface area contributed by atoms with E-state index >= 15 is 0 Å². The van der Waals surface area contributed by atoms with Crippen LogP contribution in [-0.4, -0.2) is 41.5 Å². The van der Waals surface area contributed by atoms with E-state index in [1.165, 1.54) is 19.4 Å². The third kappa shape index (κ3) is 7.38. The van der Waals surface area contributed by atoms with E-state index in [-0.39, 0.29) is 5.82 Å². The first kappa shape index (κ1) is 23.1. The maximum Gasteiger partial charge on any atom is 0.425 e. The molecule has 0 fully saturated rings. The van der Waals surface area contributed by atoms with Crippen LogP contribution in [0.2, 0.25) is 0 Å². The highest BCUT2D eigenvalue weighted by Gasteiger charge is 2.33. The first-order valence-corrected chi connectivity index (χ1v) is 8.72. The van der Waals surface area contributed by atoms with Gasteiger partial charge in [-0.1, -0.05) is 0 Å². The molecule has 1 aromatic rings. The second-order valence-corrected chi connectivity index (χ2v) is 8.06. The number of hydrogen-bond acceptors (Lipinski definition) is 7. The maximum atomic E-state index is 12.6. The molecule has 28 heavy (non-hydrogen) atoms. The minimum absolute atomic E-state index is 0.0383. The van der Waals surface area contributed by atoms with E-state index in [0.29, 0.717) is 11.1 Å². The van der Waals surface area contributed by atoms with Gasteiger partial charge in [-0.3, -0.25) is 0 Å². The van der Waals surface area contributed by atoms with Crippen molar-refractivity contribution < 1.29 is 28.6 Å². The molecule has 0 unspecified atom stereocenters. The van der Waals surface area contributed by atoms with Crippen molar-refractivity contribution in [2.45, 2.75) is 59.7 Å². The molecular weight excluding hydrogens is 364 g/mol. The van der Waals surface area contributed by atoms with Crippen molar-refractivity contribution in [3.8, 4) is 0 Å². The maximum absolute atomic E-state index is 12.6. The minimum atomic E-state index is -0.900. The lowest BCUT2D eigenvalue weighted by Gasteiger charge is -2.28. The van der Waals surface area contributed by atoms with Crippen LogP contribution in [0.3, 0.4) is 0 Å². The summed E-state index contributed by atoms with van der Waals surface area (Å²) in [4.78, 5) is 41.5. The fourth-order valence-electron chi connectivity index (χ4n) is 1.96. The summed E-state index contributed by atoms with van der Waals surface area (Å²) in [6.07, 6.45) is 1.20. The van der Waals surface area contributed by atoms with Gasteiger partial charge in [0.15, 0.2) is 0 Å². The van der Waals surface area contributed by atoms with Crippen molar-refractivity contribution in [1.82, 2.24) is 4.98 Å². The summed E-state index contributed by atoms with van der Waals surface area (Å²) >= 11 is 0. The molecule has 1 heterocycles. The lowest BCUT2D eigenvalue weighted by atomic mass is 10.2. The number of amides is 2. The summed E-state index contributed by atoms with van der Waals surface area (Å²) in [6, 6.07) is 3.07. The van der Waals surface area contributed by atoms with E-state index < -0.39 is 29.4 Å². The van der Waals surface area contributed by atoms with Crippen molar-refractivity contribution in [2.75, 3.05) is 12.0 Å². The Kier molecular flexibility index (Phi) is 7.32. The van der Waals surface area contributed by atoms with Gasteiger partial charge in [-0.25, -0.2) is 19.4 Å². The van der Waals surface area contributed by atoms with Crippen LogP contribution in [-0.2, 0) is 19.0 Å². The van der Waals surface area contributed by atoms with Crippen LogP contribution in [0.25, 0.3) is 6.08 Å². The number of aromatic nitrogens is 1. The van der Waals surface area contributed by atoms with Crippen molar-refractivity contribution in [3.63, 3.8) is 0 Å². The van der Waals surface area contributed by atoms with E-state index in [9.17, 15) is 14.4 Å². The minimum Gasteiger partial charge on any atom is -0.466 e. The van der Waals surface area contributed by atoms with E-state index in [4.69, 9.17) is 9.47 Å². The Labute approximate surface area is 165 Å². The number of ether oxygens (including phenoxy) is 3. The second kappa shape index (κ2) is 8.86. The third-order valence-electron chi connectivity index (χ3n) is 3.04. The number of esters is 1. The average molecular weight is 392 g/mol. The third-order valence-corrected chi connectivity index (χ3v) is 3.04. The SMILES string of the molecule is COC(=O)/C(C)=C/c1ccc(N(C(=O)OC(C)(C)C)C(=O)OC(C)(C)C)nc1. The quantitative estimate of drug-likeness (QED) is 0.429. The number of rotatable bonds is 3. The Hall–Kier alpha value is -2.90. The number of carbonyl (C=O) groups is 3. The van der Waals surface area contributed by atoms with Crippen LogP contribution in [0.1, 0.15) is 54.0 Å². The van der Waals surface area contributed by atoms with Crippen LogP contribution < -0.4 is 4.90 Å². The van der Waals surface area contributed by atoms with E-state index in [0.717, 1.165) is 4.90 Å². The zero-order chi connectivity index (χ0) is 21.7. The number of carbonyl (C=O) groups excluding carboxylic acids is 3. The van der Waals surface area contributed by atoms with Gasteiger partial charge in [0.1, 0.15) is 17.0 Å². The van der Waals surface area contributed by atoms with Crippen molar-refractivity contribution in [1.29, 1.82) is 0 Å². The molecule has 0 saturated heterocycles. The van der Waals surface area contributed by atoms with Gasteiger partial charge in [0.05, 0.1) is 7.11 Å². The summed E-state index contributed by atoms with van der Waals surface area (Å²) in [5, 5.41) is 0. The molecule has 154 valence electrons. The summed E-state index contributed by atoms with van der Waals surface area (Å²) in [7, 11) is 1.29. The Balaban J connectivity index is 3.21. The smallest absolute Gasteiger partial charge is 0.425 e. The monoisotopic (exact) mass is 392 g/mol. The van der Waals surface area contributed by atoms with Crippen LogP contribution in [0.15, 0.2) is 23.9 Å². The molecule has 0 aliphatic carbocycles. The molecule has 0 aromatic carbocycles. The number of hydrogen-bond donors (Lipinski definition) is 0. The number of nitrogens with zero attached hydrogens (tertiary/aromatic N) is 2. The molecule has 0 aliphatic rings. The van der Waals surface area contributed by atoms with Crippen LogP contribution >= 0.6 is 0 Å². The van der Waals surface area contributed by atoms with Gasteiger partial charge in [-0.05, 0) is 72.2 Å². The lowest BCUT2D eigenvalue weighted by Crippen LogP contribution is -2.44. The molecule has 0 saturated carbocycles. The number of pyridine rings is 1. The Bertz CT molecular complexity index is 726. The highest BCUT2D eigenvalue weighted by Crippen LogP contribution is 2.21. The predicted octanol–water partition coefficient (Wildman–Crippen LogP) is 4.33. The number of anilines is 1. The van der Waals surface area contributed by atoms with E-state index in [2.05, 4.69) is 9.72 Å². The zero-order valence-corrected chi connectivity index (χ0v) is 17.7. The van der Waals surface area contributed by atoms with Gasteiger partial charge in [-0.2, -0.15) is 4.90 Å². The standard InChI is InChI=1S/C20H28N2O6/c1-13(16(23)26-8)11-14-9-10-15(21-12-14)22(17(24)27-19(2,3)4)18(25)28-20(5,6)7/h9-12H,1-8H3/b13-11+. The molecule has 0 atom stereocenters. The molecule has 2 amide bonds. The van der Waals surface area contributed by atoms with E-state index in [1.807, 2.05) is 0 Å². The number of imide groups is 1. The fraction of sp³-hybridized carbons (Fsp3) is 0.500. The van der Waals surface area contributed by atoms with Crippen molar-refractivity contribution >= 4 is 30.0 Å². The Morgan fingerprint density at radius 1 is 0.964 bits per heavy atom. The highest BCUT2D eigenvalue weighted by molar-refractivity contribution is 6.08. The van der Waals surface area contributed by atoms with Gasteiger partial charge in [0.25, 0.3) is 0 Å². The average Bonchev–Trinajstić information content (AvgIpc) is 2.52. The second-order valence-electron chi connectivity index (χ2n) is 8.06. The van der Waals surface area contributed by atoms with Crippen molar-refractivity contribution in [2.24, 2.45) is 0 Å². The van der Waals surface area contributed by atoms with Gasteiger partial charge in [0.2, 0.25) is 0 Å². The summed E-state index contributed by atoms with van der Waals surface area (Å²) < 4.78 is 15.3. The summed E-state index contributed by atoms with van der Waals surface area (Å²) in [5.74, 6) is -0.426. The Morgan fingerprint density at radius 3 is 1.82 bits per heavy atom. The summed E-state index contributed by atoms with van der Waals surface area (Å²) in [5.41, 5.74) is -0.636. The van der Waals surface area contributed by atoms with Gasteiger partial charge in [-0.15, -0.1) is 0 Å². The molecular formula is C20H28N2O6. The predicted molar refractivity (Wildman–Crippen MR) is 105 cm³/mol. The molecule has 0 spiro atoms. The van der Waals surface area contributed by atoms with Crippen LogP contribution in [0.5, 0.6) is 0 Å². The van der Waals surface area contributed by atoms with Crippen LogP contribution in [0, 0.1) is 0 Å². The molecule has 1 aromatic heterocycles. The number of methoxy groups -OCH3 is 1. The Morgan fingerprint density at radius 2 is 1.46 bits per heavy atom. The molecule has 8 nitrogen and oxygen atoms in total. The molecule has 0 aliphatic heterocycles. The fourth-order valence-corrected chi connectivity index (χ4v) is 1.96. The van der Waals surface area contributed by atoms with Gasteiger partial charge >= 0.3 is 18.2 Å². The normalized spacial score (nSPS) is 12.2.